The molecule has 1 aromatic rings. The summed E-state index contributed by atoms with van der Waals surface area (Å²) in [5, 5.41) is 0. The van der Waals surface area contributed by atoms with Crippen LogP contribution in [0.3, 0.4) is 0 Å². The minimum atomic E-state index is -0.162. The van der Waals surface area contributed by atoms with Gasteiger partial charge < -0.3 is 4.90 Å². The van der Waals surface area contributed by atoms with Crippen LogP contribution in [-0.2, 0) is 0 Å². The minimum Gasteiger partial charge on any atom is -0.369 e. The second-order valence-electron chi connectivity index (χ2n) is 5.71. The zero-order valence-electron chi connectivity index (χ0n) is 12.3. The molecule has 20 heavy (non-hydrogen) atoms. The molecule has 1 fully saturated rings. The first-order chi connectivity index (χ1) is 9.69. The second kappa shape index (κ2) is 7.89. The molecule has 0 aliphatic carbocycles. The van der Waals surface area contributed by atoms with Crippen LogP contribution in [0.25, 0.3) is 0 Å². The van der Waals surface area contributed by atoms with E-state index < -0.39 is 0 Å². The summed E-state index contributed by atoms with van der Waals surface area (Å²) < 4.78 is 12.9. The Hall–Kier alpha value is -0.740. The number of benzene rings is 1. The Bertz CT molecular complexity index is 388. The van der Waals surface area contributed by atoms with E-state index in [9.17, 15) is 4.39 Å². The third-order valence-electron chi connectivity index (χ3n) is 4.12. The smallest absolute Gasteiger partial charge is 0.123 e. The average molecular weight is 296 g/mol. The van der Waals surface area contributed by atoms with Gasteiger partial charge in [-0.2, -0.15) is 12.6 Å². The lowest BCUT2D eigenvalue weighted by Gasteiger charge is -2.36. The molecule has 1 atom stereocenters. The Kier molecular flexibility index (Phi) is 6.17. The number of thiol groups is 1. The molecule has 112 valence electrons. The highest BCUT2D eigenvalue weighted by Gasteiger charge is 2.17. The summed E-state index contributed by atoms with van der Waals surface area (Å²) in [7, 11) is 0. The number of piperazine rings is 1. The molecule has 1 unspecified atom stereocenters. The fourth-order valence-corrected chi connectivity index (χ4v) is 3.09. The Balaban J connectivity index is 1.73. The number of anilines is 1. The summed E-state index contributed by atoms with van der Waals surface area (Å²) in [5.74, 6) is 1.59. The summed E-state index contributed by atoms with van der Waals surface area (Å²) >= 11 is 4.29. The van der Waals surface area contributed by atoms with Gasteiger partial charge in [-0.3, -0.25) is 4.90 Å². The van der Waals surface area contributed by atoms with Crippen molar-refractivity contribution in [3.8, 4) is 0 Å². The summed E-state index contributed by atoms with van der Waals surface area (Å²) in [6, 6.07) is 6.83. The van der Waals surface area contributed by atoms with Crippen LogP contribution >= 0.6 is 12.6 Å². The molecule has 2 nitrogen and oxygen atoms in total. The van der Waals surface area contributed by atoms with Gasteiger partial charge in [0.2, 0.25) is 0 Å². The maximum absolute atomic E-state index is 12.9. The van der Waals surface area contributed by atoms with Crippen LogP contribution in [0.15, 0.2) is 24.3 Å². The van der Waals surface area contributed by atoms with Gasteiger partial charge in [-0.15, -0.1) is 0 Å². The molecule has 0 aromatic heterocycles. The van der Waals surface area contributed by atoms with Crippen LogP contribution in [0.2, 0.25) is 0 Å². The van der Waals surface area contributed by atoms with Gasteiger partial charge >= 0.3 is 0 Å². The molecule has 0 saturated carbocycles. The number of halogens is 1. The lowest BCUT2D eigenvalue weighted by atomic mass is 10.0. The van der Waals surface area contributed by atoms with Crippen LogP contribution in [0.4, 0.5) is 10.1 Å². The van der Waals surface area contributed by atoms with Gasteiger partial charge in [0.1, 0.15) is 5.82 Å². The van der Waals surface area contributed by atoms with E-state index in [1.165, 1.54) is 19.4 Å². The van der Waals surface area contributed by atoms with Crippen molar-refractivity contribution in [3.63, 3.8) is 0 Å². The second-order valence-corrected chi connectivity index (χ2v) is 6.16. The highest BCUT2D eigenvalue weighted by atomic mass is 32.1. The fourth-order valence-electron chi connectivity index (χ4n) is 2.65. The van der Waals surface area contributed by atoms with Crippen molar-refractivity contribution < 1.29 is 4.39 Å². The quantitative estimate of drug-likeness (QED) is 0.805. The number of hydrogen-bond donors (Lipinski definition) is 1. The minimum absolute atomic E-state index is 0.162. The highest BCUT2D eigenvalue weighted by Crippen LogP contribution is 2.17. The average Bonchev–Trinajstić information content (AvgIpc) is 2.47. The molecule has 1 aromatic carbocycles. The summed E-state index contributed by atoms with van der Waals surface area (Å²) in [4.78, 5) is 4.88. The van der Waals surface area contributed by atoms with Crippen molar-refractivity contribution in [1.29, 1.82) is 0 Å². The maximum Gasteiger partial charge on any atom is 0.123 e. The number of hydrogen-bond acceptors (Lipinski definition) is 3. The van der Waals surface area contributed by atoms with Gasteiger partial charge in [-0.25, -0.2) is 4.39 Å². The maximum atomic E-state index is 12.9. The topological polar surface area (TPSA) is 6.48 Å². The fraction of sp³-hybridized carbons (Fsp3) is 0.625. The van der Waals surface area contributed by atoms with E-state index in [1.54, 1.807) is 12.1 Å². The van der Waals surface area contributed by atoms with Gasteiger partial charge in [-0.1, -0.05) is 6.92 Å². The predicted molar refractivity (Wildman–Crippen MR) is 87.3 cm³/mol. The molecular formula is C16H25FN2S. The zero-order valence-corrected chi connectivity index (χ0v) is 13.2. The molecule has 0 bridgehead atoms. The van der Waals surface area contributed by atoms with E-state index in [1.807, 2.05) is 12.1 Å². The molecule has 0 amide bonds. The third kappa shape index (κ3) is 4.67. The normalized spacial score (nSPS) is 18.2. The molecule has 0 spiro atoms. The summed E-state index contributed by atoms with van der Waals surface area (Å²) in [5.41, 5.74) is 1.13. The number of nitrogens with zero attached hydrogens (tertiary/aromatic N) is 2. The molecule has 1 aliphatic heterocycles. The van der Waals surface area contributed by atoms with Crippen molar-refractivity contribution in [2.45, 2.75) is 19.8 Å². The van der Waals surface area contributed by atoms with Crippen molar-refractivity contribution >= 4 is 18.3 Å². The van der Waals surface area contributed by atoms with Crippen molar-refractivity contribution in [3.05, 3.63) is 30.1 Å². The lowest BCUT2D eigenvalue weighted by Crippen LogP contribution is -2.46. The molecule has 1 heterocycles. The Morgan fingerprint density at radius 1 is 1.10 bits per heavy atom. The molecule has 1 saturated heterocycles. The third-order valence-corrected chi connectivity index (χ3v) is 4.38. The van der Waals surface area contributed by atoms with Gasteiger partial charge in [-0.05, 0) is 55.3 Å². The van der Waals surface area contributed by atoms with Gasteiger partial charge in [0, 0.05) is 31.9 Å². The van der Waals surface area contributed by atoms with Crippen molar-refractivity contribution in [2.24, 2.45) is 5.92 Å². The van der Waals surface area contributed by atoms with Crippen LogP contribution < -0.4 is 4.90 Å². The van der Waals surface area contributed by atoms with Gasteiger partial charge in [0.25, 0.3) is 0 Å². The monoisotopic (exact) mass is 296 g/mol. The standard InChI is InChI=1S/C16H25FN2S/c1-14(7-13-20)6-8-18-9-11-19(12-10-18)16-4-2-15(17)3-5-16/h2-5,14,20H,6-13H2,1H3. The molecule has 1 aliphatic rings. The Morgan fingerprint density at radius 2 is 1.75 bits per heavy atom. The molecule has 0 N–H and O–H groups in total. The first-order valence-corrected chi connectivity index (χ1v) is 8.16. The SMILES string of the molecule is CC(CCS)CCN1CCN(c2ccc(F)cc2)CC1. The first kappa shape index (κ1) is 15.6. The first-order valence-electron chi connectivity index (χ1n) is 7.53. The van der Waals surface area contributed by atoms with Crippen LogP contribution in [0.5, 0.6) is 0 Å². The van der Waals surface area contributed by atoms with Gasteiger partial charge in [0.05, 0.1) is 0 Å². The van der Waals surface area contributed by atoms with Crippen LogP contribution in [0, 0.1) is 11.7 Å². The van der Waals surface area contributed by atoms with Crippen LogP contribution in [-0.4, -0.2) is 43.4 Å². The van der Waals surface area contributed by atoms with E-state index in [0.29, 0.717) is 0 Å². The van der Waals surface area contributed by atoms with Crippen molar-refractivity contribution in [2.75, 3.05) is 43.4 Å². The predicted octanol–water partition coefficient (Wildman–Crippen LogP) is 3.29. The Labute approximate surface area is 127 Å². The largest absolute Gasteiger partial charge is 0.369 e. The van der Waals surface area contributed by atoms with Crippen LogP contribution in [0.1, 0.15) is 19.8 Å². The summed E-state index contributed by atoms with van der Waals surface area (Å²) in [6.07, 6.45) is 2.47. The lowest BCUT2D eigenvalue weighted by molar-refractivity contribution is 0.240. The number of rotatable bonds is 6. The highest BCUT2D eigenvalue weighted by molar-refractivity contribution is 7.80. The summed E-state index contributed by atoms with van der Waals surface area (Å²) in [6.45, 7) is 7.77. The van der Waals surface area contributed by atoms with E-state index >= 15 is 0 Å². The molecule has 0 radical (unpaired) electrons. The molecule has 4 heteroatoms. The van der Waals surface area contributed by atoms with E-state index in [-0.39, 0.29) is 5.82 Å². The zero-order chi connectivity index (χ0) is 14.4. The van der Waals surface area contributed by atoms with Crippen molar-refractivity contribution in [1.82, 2.24) is 4.90 Å². The van der Waals surface area contributed by atoms with Gasteiger partial charge in [0.15, 0.2) is 0 Å². The van der Waals surface area contributed by atoms with E-state index in [4.69, 9.17) is 0 Å². The molecular weight excluding hydrogens is 271 g/mol. The van der Waals surface area contributed by atoms with E-state index in [0.717, 1.165) is 43.5 Å². The van der Waals surface area contributed by atoms with E-state index in [2.05, 4.69) is 29.4 Å². The molecule has 2 rings (SSSR count). The Morgan fingerprint density at radius 3 is 2.35 bits per heavy atom.